The fraction of sp³-hybridized carbons (Fsp3) is 0.375. The predicted molar refractivity (Wildman–Crippen MR) is 113 cm³/mol. The summed E-state index contributed by atoms with van der Waals surface area (Å²) in [4.78, 5) is 17.1. The number of para-hydroxylation sites is 1. The summed E-state index contributed by atoms with van der Waals surface area (Å²) in [6.07, 6.45) is 6.52. The highest BCUT2D eigenvalue weighted by atomic mass is 16.2. The van der Waals surface area contributed by atoms with Crippen LogP contribution in [0.1, 0.15) is 24.0 Å². The summed E-state index contributed by atoms with van der Waals surface area (Å²) < 4.78 is 0. The summed E-state index contributed by atoms with van der Waals surface area (Å²) in [5, 5.41) is 4.36. The first-order valence-corrected chi connectivity index (χ1v) is 10.5. The third-order valence-electron chi connectivity index (χ3n) is 5.98. The maximum absolute atomic E-state index is 12.3. The molecule has 1 saturated heterocycles. The zero-order chi connectivity index (χ0) is 19.2. The fourth-order valence-electron chi connectivity index (χ4n) is 4.38. The van der Waals surface area contributed by atoms with Crippen LogP contribution < -0.4 is 10.2 Å². The molecule has 2 aromatic carbocycles. The summed E-state index contributed by atoms with van der Waals surface area (Å²) in [5.41, 5.74) is 3.86. The second-order valence-corrected chi connectivity index (χ2v) is 8.02. The van der Waals surface area contributed by atoms with Crippen molar-refractivity contribution >= 4 is 16.8 Å². The molecule has 1 aromatic heterocycles. The Bertz CT molecular complexity index is 894. The van der Waals surface area contributed by atoms with Gasteiger partial charge in [0, 0.05) is 23.6 Å². The van der Waals surface area contributed by atoms with Crippen LogP contribution in [0.2, 0.25) is 0 Å². The SMILES string of the molecule is O=C(C[NH+]1CCC(Cc2ccccc2)CC1)NCCc1c[nH]c2ccccc12. The zero-order valence-corrected chi connectivity index (χ0v) is 16.4. The molecular weight excluding hydrogens is 346 g/mol. The molecule has 3 aromatic rings. The number of aromatic nitrogens is 1. The van der Waals surface area contributed by atoms with Crippen LogP contribution in [-0.2, 0) is 17.6 Å². The summed E-state index contributed by atoms with van der Waals surface area (Å²) in [6.45, 7) is 3.51. The van der Waals surface area contributed by atoms with E-state index in [1.165, 1.54) is 40.7 Å². The Kier molecular flexibility index (Phi) is 6.07. The van der Waals surface area contributed by atoms with E-state index in [4.69, 9.17) is 0 Å². The molecule has 4 nitrogen and oxygen atoms in total. The van der Waals surface area contributed by atoms with Crippen molar-refractivity contribution in [1.82, 2.24) is 10.3 Å². The number of amides is 1. The molecule has 0 spiro atoms. The molecule has 0 radical (unpaired) electrons. The Morgan fingerprint density at radius 2 is 1.79 bits per heavy atom. The molecule has 0 atom stereocenters. The Hall–Kier alpha value is -2.59. The molecule has 4 heteroatoms. The van der Waals surface area contributed by atoms with Crippen LogP contribution in [0.15, 0.2) is 60.8 Å². The van der Waals surface area contributed by atoms with Crippen molar-refractivity contribution in [3.8, 4) is 0 Å². The number of benzene rings is 2. The standard InChI is InChI=1S/C24H29N3O/c28-24(25-13-10-21-17-26-23-9-5-4-8-22(21)23)18-27-14-11-20(12-15-27)16-19-6-2-1-3-7-19/h1-9,17,20,26H,10-16,18H2,(H,25,28)/p+1. The number of fused-ring (bicyclic) bond motifs is 1. The monoisotopic (exact) mass is 376 g/mol. The van der Waals surface area contributed by atoms with Gasteiger partial charge >= 0.3 is 0 Å². The normalized spacial score (nSPS) is 19.6. The lowest BCUT2D eigenvalue weighted by Gasteiger charge is -2.29. The number of aromatic amines is 1. The Balaban J connectivity index is 1.17. The zero-order valence-electron chi connectivity index (χ0n) is 16.4. The maximum Gasteiger partial charge on any atom is 0.275 e. The van der Waals surface area contributed by atoms with Gasteiger partial charge in [-0.15, -0.1) is 0 Å². The molecule has 1 fully saturated rings. The molecule has 4 rings (SSSR count). The number of quaternary nitrogens is 1. The third kappa shape index (κ3) is 4.82. The van der Waals surface area contributed by atoms with Gasteiger partial charge < -0.3 is 15.2 Å². The number of hydrogen-bond acceptors (Lipinski definition) is 1. The summed E-state index contributed by atoms with van der Waals surface area (Å²) in [7, 11) is 0. The average molecular weight is 377 g/mol. The van der Waals surface area contributed by atoms with Gasteiger partial charge in [-0.05, 0) is 48.8 Å². The summed E-state index contributed by atoms with van der Waals surface area (Å²) >= 11 is 0. The first kappa shape index (κ1) is 18.8. The minimum Gasteiger partial charge on any atom is -0.361 e. The Morgan fingerprint density at radius 1 is 1.04 bits per heavy atom. The van der Waals surface area contributed by atoms with E-state index < -0.39 is 0 Å². The molecule has 0 saturated carbocycles. The summed E-state index contributed by atoms with van der Waals surface area (Å²) in [6, 6.07) is 19.1. The molecule has 28 heavy (non-hydrogen) atoms. The van der Waals surface area contributed by atoms with Crippen LogP contribution in [0.4, 0.5) is 0 Å². The van der Waals surface area contributed by atoms with Crippen molar-refractivity contribution in [3.63, 3.8) is 0 Å². The smallest absolute Gasteiger partial charge is 0.275 e. The molecule has 1 aliphatic heterocycles. The minimum atomic E-state index is 0.177. The largest absolute Gasteiger partial charge is 0.361 e. The number of carbonyl (C=O) groups is 1. The second-order valence-electron chi connectivity index (χ2n) is 8.02. The maximum atomic E-state index is 12.3. The number of nitrogens with one attached hydrogen (secondary N) is 3. The molecule has 0 aliphatic carbocycles. The van der Waals surface area contributed by atoms with E-state index in [0.717, 1.165) is 30.9 Å². The molecule has 1 aliphatic rings. The number of hydrogen-bond donors (Lipinski definition) is 3. The molecule has 2 heterocycles. The van der Waals surface area contributed by atoms with Crippen molar-refractivity contribution in [2.24, 2.45) is 5.92 Å². The molecular formula is C24H30N3O+. The highest BCUT2D eigenvalue weighted by molar-refractivity contribution is 5.83. The van der Waals surface area contributed by atoms with Crippen LogP contribution in [0.25, 0.3) is 10.9 Å². The lowest BCUT2D eigenvalue weighted by atomic mass is 9.90. The van der Waals surface area contributed by atoms with Gasteiger partial charge in [0.1, 0.15) is 0 Å². The van der Waals surface area contributed by atoms with Crippen LogP contribution in [-0.4, -0.2) is 37.1 Å². The van der Waals surface area contributed by atoms with Crippen LogP contribution in [0.3, 0.4) is 0 Å². The van der Waals surface area contributed by atoms with Crippen molar-refractivity contribution in [3.05, 3.63) is 71.9 Å². The van der Waals surface area contributed by atoms with Gasteiger partial charge in [0.25, 0.3) is 5.91 Å². The second kappa shape index (κ2) is 9.07. The summed E-state index contributed by atoms with van der Waals surface area (Å²) in [5.74, 6) is 0.937. The van der Waals surface area contributed by atoms with Gasteiger partial charge in [-0.25, -0.2) is 0 Å². The first-order valence-electron chi connectivity index (χ1n) is 10.5. The van der Waals surface area contributed by atoms with Gasteiger partial charge in [-0.2, -0.15) is 0 Å². The van der Waals surface area contributed by atoms with E-state index >= 15 is 0 Å². The van der Waals surface area contributed by atoms with Crippen molar-refractivity contribution in [1.29, 1.82) is 0 Å². The van der Waals surface area contributed by atoms with E-state index in [9.17, 15) is 4.79 Å². The lowest BCUT2D eigenvalue weighted by Crippen LogP contribution is -3.14. The van der Waals surface area contributed by atoms with Gasteiger partial charge in [0.15, 0.2) is 6.54 Å². The molecule has 0 unspecified atom stereocenters. The van der Waals surface area contributed by atoms with Gasteiger partial charge in [0.05, 0.1) is 13.1 Å². The minimum absolute atomic E-state index is 0.177. The Morgan fingerprint density at radius 3 is 2.61 bits per heavy atom. The topological polar surface area (TPSA) is 49.3 Å². The van der Waals surface area contributed by atoms with Crippen LogP contribution >= 0.6 is 0 Å². The van der Waals surface area contributed by atoms with E-state index in [0.29, 0.717) is 13.1 Å². The van der Waals surface area contributed by atoms with E-state index in [1.54, 1.807) is 0 Å². The highest BCUT2D eigenvalue weighted by Gasteiger charge is 2.23. The fourth-order valence-corrected chi connectivity index (χ4v) is 4.38. The quantitative estimate of drug-likeness (QED) is 0.583. The van der Waals surface area contributed by atoms with E-state index in [2.05, 4.69) is 65.0 Å². The molecule has 146 valence electrons. The van der Waals surface area contributed by atoms with Crippen molar-refractivity contribution in [2.45, 2.75) is 25.7 Å². The van der Waals surface area contributed by atoms with Crippen molar-refractivity contribution in [2.75, 3.05) is 26.2 Å². The van der Waals surface area contributed by atoms with Crippen LogP contribution in [0.5, 0.6) is 0 Å². The van der Waals surface area contributed by atoms with E-state index in [-0.39, 0.29) is 5.91 Å². The third-order valence-corrected chi connectivity index (χ3v) is 5.98. The molecule has 0 bridgehead atoms. The first-order chi connectivity index (χ1) is 13.8. The average Bonchev–Trinajstić information content (AvgIpc) is 3.14. The van der Waals surface area contributed by atoms with Gasteiger partial charge in [-0.3, -0.25) is 4.79 Å². The lowest BCUT2D eigenvalue weighted by molar-refractivity contribution is -0.898. The van der Waals surface area contributed by atoms with Crippen LogP contribution in [0, 0.1) is 5.92 Å². The number of carbonyl (C=O) groups excluding carboxylic acids is 1. The Labute approximate surface area is 166 Å². The van der Waals surface area contributed by atoms with Crippen molar-refractivity contribution < 1.29 is 9.69 Å². The number of piperidine rings is 1. The number of likely N-dealkylation sites (tertiary alicyclic amines) is 1. The van der Waals surface area contributed by atoms with Gasteiger partial charge in [-0.1, -0.05) is 48.5 Å². The van der Waals surface area contributed by atoms with Gasteiger partial charge in [0.2, 0.25) is 0 Å². The number of rotatable bonds is 7. The molecule has 3 N–H and O–H groups in total. The number of H-pyrrole nitrogens is 1. The van der Waals surface area contributed by atoms with E-state index in [1.807, 2.05) is 6.07 Å². The predicted octanol–water partition coefficient (Wildman–Crippen LogP) is 2.36. The highest BCUT2D eigenvalue weighted by Crippen LogP contribution is 2.18. The molecule has 1 amide bonds.